The van der Waals surface area contributed by atoms with E-state index in [9.17, 15) is 4.79 Å². The molecular formula is C11H15N5OS. The van der Waals surface area contributed by atoms with Crippen LogP contribution in [0.5, 0.6) is 0 Å². The van der Waals surface area contributed by atoms with Crippen molar-refractivity contribution in [2.75, 3.05) is 25.0 Å². The van der Waals surface area contributed by atoms with Crippen molar-refractivity contribution in [2.45, 2.75) is 12.8 Å². The number of anilines is 1. The topological polar surface area (TPSA) is 84.1 Å². The highest BCUT2D eigenvalue weighted by Crippen LogP contribution is 2.08. The van der Waals surface area contributed by atoms with E-state index in [1.54, 1.807) is 0 Å². The van der Waals surface area contributed by atoms with E-state index in [0.29, 0.717) is 11.5 Å². The highest BCUT2D eigenvalue weighted by atomic mass is 32.1. The number of nitrogens with zero attached hydrogens (tertiary/aromatic N) is 3. The van der Waals surface area contributed by atoms with Gasteiger partial charge in [0.2, 0.25) is 5.91 Å². The number of thiocarbonyl (C=S) groups is 1. The van der Waals surface area contributed by atoms with Gasteiger partial charge in [0.15, 0.2) is 0 Å². The molecule has 3 N–H and O–H groups in total. The van der Waals surface area contributed by atoms with Crippen molar-refractivity contribution in [1.82, 2.24) is 14.9 Å². The molecule has 18 heavy (non-hydrogen) atoms. The van der Waals surface area contributed by atoms with E-state index in [1.165, 1.54) is 12.4 Å². The molecular weight excluding hydrogens is 250 g/mol. The van der Waals surface area contributed by atoms with Crippen LogP contribution in [0.15, 0.2) is 12.4 Å². The molecule has 1 aromatic rings. The van der Waals surface area contributed by atoms with Crippen LogP contribution in [0.25, 0.3) is 0 Å². The number of hydrogen-bond acceptors (Lipinski definition) is 5. The van der Waals surface area contributed by atoms with Crippen molar-refractivity contribution < 1.29 is 4.79 Å². The Balaban J connectivity index is 1.86. The molecule has 1 aliphatic rings. The van der Waals surface area contributed by atoms with E-state index in [-0.39, 0.29) is 17.4 Å². The molecule has 0 bridgehead atoms. The van der Waals surface area contributed by atoms with Gasteiger partial charge in [-0.2, -0.15) is 0 Å². The van der Waals surface area contributed by atoms with E-state index in [2.05, 4.69) is 15.3 Å². The second-order valence-electron chi connectivity index (χ2n) is 4.09. The van der Waals surface area contributed by atoms with E-state index in [4.69, 9.17) is 18.0 Å². The maximum absolute atomic E-state index is 11.8. The SMILES string of the molecule is NC(=S)c1cnc(NCC(=O)N2CCCC2)cn1. The van der Waals surface area contributed by atoms with Crippen molar-refractivity contribution in [3.05, 3.63) is 18.1 Å². The Labute approximate surface area is 111 Å². The quantitative estimate of drug-likeness (QED) is 0.754. The van der Waals surface area contributed by atoms with Gasteiger partial charge in [0.25, 0.3) is 0 Å². The number of carbonyl (C=O) groups excluding carboxylic acids is 1. The van der Waals surface area contributed by atoms with E-state index >= 15 is 0 Å². The lowest BCUT2D eigenvalue weighted by molar-refractivity contribution is -0.128. The predicted molar refractivity (Wildman–Crippen MR) is 72.2 cm³/mol. The minimum atomic E-state index is 0.0905. The van der Waals surface area contributed by atoms with Gasteiger partial charge in [-0.05, 0) is 12.8 Å². The normalized spacial score (nSPS) is 14.6. The molecule has 0 saturated carbocycles. The number of nitrogens with two attached hydrogens (primary N) is 1. The minimum absolute atomic E-state index is 0.0905. The molecule has 96 valence electrons. The van der Waals surface area contributed by atoms with Crippen LogP contribution >= 0.6 is 12.2 Å². The van der Waals surface area contributed by atoms with Crippen LogP contribution < -0.4 is 11.1 Å². The summed E-state index contributed by atoms with van der Waals surface area (Å²) in [5.74, 6) is 0.635. The van der Waals surface area contributed by atoms with Crippen LogP contribution in [0, 0.1) is 0 Å². The van der Waals surface area contributed by atoms with E-state index in [1.807, 2.05) is 4.90 Å². The third-order valence-corrected chi connectivity index (χ3v) is 2.99. The Kier molecular flexibility index (Phi) is 4.03. The van der Waals surface area contributed by atoms with Gasteiger partial charge in [-0.15, -0.1) is 0 Å². The maximum atomic E-state index is 11.8. The second kappa shape index (κ2) is 5.72. The first-order valence-corrected chi connectivity index (χ1v) is 6.21. The number of aromatic nitrogens is 2. The fraction of sp³-hybridized carbons (Fsp3) is 0.455. The summed E-state index contributed by atoms with van der Waals surface area (Å²) in [5.41, 5.74) is 5.89. The zero-order valence-electron chi connectivity index (χ0n) is 9.93. The summed E-state index contributed by atoms with van der Waals surface area (Å²) in [6.45, 7) is 1.94. The Hall–Kier alpha value is -1.76. The molecule has 2 heterocycles. The van der Waals surface area contributed by atoms with Crippen LogP contribution in [0.4, 0.5) is 5.82 Å². The zero-order valence-corrected chi connectivity index (χ0v) is 10.7. The molecule has 2 rings (SSSR count). The summed E-state index contributed by atoms with van der Waals surface area (Å²) in [5, 5.41) is 2.94. The first kappa shape index (κ1) is 12.7. The van der Waals surface area contributed by atoms with Gasteiger partial charge >= 0.3 is 0 Å². The molecule has 0 aliphatic carbocycles. The summed E-state index contributed by atoms with van der Waals surface area (Å²) in [4.78, 5) is 22.0. The smallest absolute Gasteiger partial charge is 0.241 e. The van der Waals surface area contributed by atoms with Crippen molar-refractivity contribution in [3.8, 4) is 0 Å². The van der Waals surface area contributed by atoms with Crippen molar-refractivity contribution in [1.29, 1.82) is 0 Å². The van der Waals surface area contributed by atoms with Crippen LogP contribution in [0.2, 0.25) is 0 Å². The van der Waals surface area contributed by atoms with Crippen LogP contribution in [0.1, 0.15) is 18.5 Å². The lowest BCUT2D eigenvalue weighted by Gasteiger charge is -2.15. The summed E-state index contributed by atoms with van der Waals surface area (Å²) < 4.78 is 0. The number of carbonyl (C=O) groups is 1. The van der Waals surface area contributed by atoms with Gasteiger partial charge in [0.1, 0.15) is 16.5 Å². The number of rotatable bonds is 4. The Morgan fingerprint density at radius 3 is 2.67 bits per heavy atom. The Bertz CT molecular complexity index is 441. The van der Waals surface area contributed by atoms with Crippen molar-refractivity contribution >= 4 is 28.9 Å². The molecule has 1 saturated heterocycles. The highest BCUT2D eigenvalue weighted by molar-refractivity contribution is 7.80. The Morgan fingerprint density at radius 2 is 2.11 bits per heavy atom. The van der Waals surface area contributed by atoms with Crippen LogP contribution in [-0.2, 0) is 4.79 Å². The fourth-order valence-corrected chi connectivity index (χ4v) is 1.90. The Morgan fingerprint density at radius 1 is 1.39 bits per heavy atom. The van der Waals surface area contributed by atoms with E-state index < -0.39 is 0 Å². The molecule has 1 aliphatic heterocycles. The van der Waals surface area contributed by atoms with Crippen LogP contribution in [0.3, 0.4) is 0 Å². The van der Waals surface area contributed by atoms with E-state index in [0.717, 1.165) is 25.9 Å². The van der Waals surface area contributed by atoms with Gasteiger partial charge in [0.05, 0.1) is 18.9 Å². The van der Waals surface area contributed by atoms with Gasteiger partial charge in [-0.3, -0.25) is 4.79 Å². The molecule has 0 radical (unpaired) electrons. The van der Waals surface area contributed by atoms with Crippen molar-refractivity contribution in [2.24, 2.45) is 5.73 Å². The van der Waals surface area contributed by atoms with Gasteiger partial charge < -0.3 is 16.0 Å². The van der Waals surface area contributed by atoms with Gasteiger partial charge in [-0.1, -0.05) is 12.2 Å². The molecule has 0 atom stereocenters. The average molecular weight is 265 g/mol. The molecule has 1 aromatic heterocycles. The number of hydrogen-bond donors (Lipinski definition) is 2. The highest BCUT2D eigenvalue weighted by Gasteiger charge is 2.17. The predicted octanol–water partition coefficient (Wildman–Crippen LogP) is 0.145. The second-order valence-corrected chi connectivity index (χ2v) is 4.53. The molecule has 6 nitrogen and oxygen atoms in total. The summed E-state index contributed by atoms with van der Waals surface area (Å²) in [6.07, 6.45) is 5.19. The average Bonchev–Trinajstić information content (AvgIpc) is 2.90. The fourth-order valence-electron chi connectivity index (χ4n) is 1.79. The standard InChI is InChI=1S/C11H15N5OS/c12-11(18)8-5-14-9(6-13-8)15-7-10(17)16-3-1-2-4-16/h5-6H,1-4,7H2,(H2,12,18)(H,14,15). The molecule has 1 amide bonds. The zero-order chi connectivity index (χ0) is 13.0. The largest absolute Gasteiger partial charge is 0.388 e. The number of amides is 1. The third kappa shape index (κ3) is 3.13. The minimum Gasteiger partial charge on any atom is -0.388 e. The number of nitrogens with one attached hydrogen (secondary N) is 1. The first-order valence-electron chi connectivity index (χ1n) is 5.80. The monoisotopic (exact) mass is 265 g/mol. The van der Waals surface area contributed by atoms with Crippen molar-refractivity contribution in [3.63, 3.8) is 0 Å². The third-order valence-electron chi connectivity index (χ3n) is 2.78. The summed E-state index contributed by atoms with van der Waals surface area (Å²) >= 11 is 4.78. The molecule has 0 aromatic carbocycles. The summed E-state index contributed by atoms with van der Waals surface area (Å²) in [7, 11) is 0. The van der Waals surface area contributed by atoms with Gasteiger partial charge in [0, 0.05) is 13.1 Å². The molecule has 1 fully saturated rings. The lowest BCUT2D eigenvalue weighted by atomic mass is 10.4. The molecule has 7 heteroatoms. The lowest BCUT2D eigenvalue weighted by Crippen LogP contribution is -2.33. The molecule has 0 spiro atoms. The number of likely N-dealkylation sites (tertiary alicyclic amines) is 1. The van der Waals surface area contributed by atoms with Crippen LogP contribution in [-0.4, -0.2) is 45.4 Å². The first-order chi connectivity index (χ1) is 8.66. The maximum Gasteiger partial charge on any atom is 0.241 e. The molecule has 0 unspecified atom stereocenters. The van der Waals surface area contributed by atoms with Gasteiger partial charge in [-0.25, -0.2) is 9.97 Å². The summed E-state index contributed by atoms with van der Waals surface area (Å²) in [6, 6.07) is 0.